The summed E-state index contributed by atoms with van der Waals surface area (Å²) in [6.45, 7) is 7.48. The third kappa shape index (κ3) is 4.03. The Morgan fingerprint density at radius 1 is 1.12 bits per heavy atom. The van der Waals surface area contributed by atoms with E-state index in [1.165, 1.54) is 18.4 Å². The van der Waals surface area contributed by atoms with Crippen LogP contribution in [0.25, 0.3) is 0 Å². The van der Waals surface area contributed by atoms with E-state index in [4.69, 9.17) is 23.2 Å². The second kappa shape index (κ2) is 7.80. The Balaban J connectivity index is 1.28. The molecule has 1 aliphatic heterocycles. The molecule has 2 aliphatic rings. The SMILES string of the molecule is CC(c1nnnn1C1CC1)N1CCN(CCc2ccc(Cl)c(Cl)c2)CC1. The average molecular weight is 395 g/mol. The van der Waals surface area contributed by atoms with Gasteiger partial charge in [0.1, 0.15) is 0 Å². The normalized spacial score (nSPS) is 20.4. The van der Waals surface area contributed by atoms with Gasteiger partial charge in [0, 0.05) is 32.7 Å². The molecule has 26 heavy (non-hydrogen) atoms. The highest BCUT2D eigenvalue weighted by Gasteiger charge is 2.32. The maximum atomic E-state index is 6.11. The summed E-state index contributed by atoms with van der Waals surface area (Å²) in [4.78, 5) is 5.00. The van der Waals surface area contributed by atoms with Crippen LogP contribution in [0.2, 0.25) is 10.0 Å². The summed E-state index contributed by atoms with van der Waals surface area (Å²) in [5.74, 6) is 1.01. The van der Waals surface area contributed by atoms with Crippen LogP contribution in [0, 0.1) is 0 Å². The molecule has 2 aromatic rings. The van der Waals surface area contributed by atoms with Gasteiger partial charge in [-0.2, -0.15) is 0 Å². The lowest BCUT2D eigenvalue weighted by atomic mass is 10.1. The molecule has 2 fully saturated rings. The molecule has 4 rings (SSSR count). The Kier molecular flexibility index (Phi) is 5.45. The van der Waals surface area contributed by atoms with Crippen molar-refractivity contribution in [3.8, 4) is 0 Å². The minimum absolute atomic E-state index is 0.267. The molecule has 6 nitrogen and oxygen atoms in total. The van der Waals surface area contributed by atoms with Gasteiger partial charge in [0.05, 0.1) is 22.1 Å². The number of hydrogen-bond acceptors (Lipinski definition) is 5. The Labute approximate surface area is 164 Å². The van der Waals surface area contributed by atoms with E-state index in [2.05, 4.69) is 38.3 Å². The first-order valence-electron chi connectivity index (χ1n) is 9.30. The van der Waals surface area contributed by atoms with Crippen molar-refractivity contribution in [3.05, 3.63) is 39.6 Å². The van der Waals surface area contributed by atoms with E-state index >= 15 is 0 Å². The highest BCUT2D eigenvalue weighted by Crippen LogP contribution is 2.36. The van der Waals surface area contributed by atoms with E-state index in [9.17, 15) is 0 Å². The van der Waals surface area contributed by atoms with Crippen LogP contribution >= 0.6 is 23.2 Å². The Morgan fingerprint density at radius 3 is 2.58 bits per heavy atom. The fourth-order valence-corrected chi connectivity index (χ4v) is 3.90. The summed E-state index contributed by atoms with van der Waals surface area (Å²) in [5.41, 5.74) is 1.24. The summed E-state index contributed by atoms with van der Waals surface area (Å²) in [6.07, 6.45) is 3.40. The molecule has 0 amide bonds. The van der Waals surface area contributed by atoms with E-state index in [-0.39, 0.29) is 6.04 Å². The van der Waals surface area contributed by atoms with Crippen LogP contribution in [0.15, 0.2) is 18.2 Å². The van der Waals surface area contributed by atoms with Crippen LogP contribution < -0.4 is 0 Å². The Bertz CT molecular complexity index is 752. The van der Waals surface area contributed by atoms with Crippen LogP contribution in [0.4, 0.5) is 0 Å². The van der Waals surface area contributed by atoms with Gasteiger partial charge in [0.15, 0.2) is 5.82 Å². The van der Waals surface area contributed by atoms with Crippen molar-refractivity contribution in [3.63, 3.8) is 0 Å². The van der Waals surface area contributed by atoms with Crippen molar-refractivity contribution < 1.29 is 0 Å². The predicted molar refractivity (Wildman–Crippen MR) is 103 cm³/mol. The third-order valence-corrected chi connectivity index (χ3v) is 6.18. The zero-order valence-electron chi connectivity index (χ0n) is 15.0. The number of piperazine rings is 1. The minimum atomic E-state index is 0.267. The Morgan fingerprint density at radius 2 is 1.88 bits per heavy atom. The summed E-state index contributed by atoms with van der Waals surface area (Å²) in [7, 11) is 0. The van der Waals surface area contributed by atoms with Gasteiger partial charge in [0.2, 0.25) is 0 Å². The first-order valence-corrected chi connectivity index (χ1v) is 10.1. The third-order valence-electron chi connectivity index (χ3n) is 5.44. The molecule has 140 valence electrons. The molecule has 0 spiro atoms. The number of aromatic nitrogens is 4. The van der Waals surface area contributed by atoms with Crippen LogP contribution in [0.3, 0.4) is 0 Å². The highest BCUT2D eigenvalue weighted by atomic mass is 35.5. The van der Waals surface area contributed by atoms with E-state index in [0.29, 0.717) is 16.1 Å². The van der Waals surface area contributed by atoms with Gasteiger partial charge in [0.25, 0.3) is 0 Å². The van der Waals surface area contributed by atoms with Crippen LogP contribution in [-0.2, 0) is 6.42 Å². The van der Waals surface area contributed by atoms with Crippen molar-refractivity contribution >= 4 is 23.2 Å². The lowest BCUT2D eigenvalue weighted by Gasteiger charge is -2.37. The molecular weight excluding hydrogens is 371 g/mol. The molecule has 8 heteroatoms. The maximum Gasteiger partial charge on any atom is 0.168 e. The molecular formula is C18H24Cl2N6. The second-order valence-electron chi connectivity index (χ2n) is 7.26. The largest absolute Gasteiger partial charge is 0.300 e. The number of benzene rings is 1. The van der Waals surface area contributed by atoms with E-state index < -0.39 is 0 Å². The second-order valence-corrected chi connectivity index (χ2v) is 8.08. The molecule has 1 unspecified atom stereocenters. The van der Waals surface area contributed by atoms with Gasteiger partial charge in [-0.25, -0.2) is 4.68 Å². The molecule has 1 saturated carbocycles. The van der Waals surface area contributed by atoms with Gasteiger partial charge >= 0.3 is 0 Å². The summed E-state index contributed by atoms with van der Waals surface area (Å²) in [6, 6.07) is 6.70. The van der Waals surface area contributed by atoms with Crippen molar-refractivity contribution in [2.45, 2.75) is 38.3 Å². The van der Waals surface area contributed by atoms with E-state index in [1.807, 2.05) is 16.8 Å². The maximum absolute atomic E-state index is 6.11. The van der Waals surface area contributed by atoms with Crippen LogP contribution in [0.5, 0.6) is 0 Å². The van der Waals surface area contributed by atoms with Crippen LogP contribution in [0.1, 0.15) is 43.2 Å². The summed E-state index contributed by atoms with van der Waals surface area (Å²) in [5, 5.41) is 13.6. The molecule has 1 atom stereocenters. The molecule has 1 aromatic carbocycles. The molecule has 1 aliphatic carbocycles. The van der Waals surface area contributed by atoms with E-state index in [0.717, 1.165) is 45.0 Å². The van der Waals surface area contributed by atoms with Gasteiger partial charge < -0.3 is 4.90 Å². The van der Waals surface area contributed by atoms with E-state index in [1.54, 1.807) is 0 Å². The fraction of sp³-hybridized carbons (Fsp3) is 0.611. The number of hydrogen-bond donors (Lipinski definition) is 0. The van der Waals surface area contributed by atoms with Crippen molar-refractivity contribution in [1.29, 1.82) is 0 Å². The lowest BCUT2D eigenvalue weighted by molar-refractivity contribution is 0.0978. The molecule has 0 radical (unpaired) electrons. The smallest absolute Gasteiger partial charge is 0.168 e. The standard InChI is InChI=1S/C18H24Cl2N6/c1-13(18-21-22-23-26(18)15-3-4-15)25-10-8-24(9-11-25)7-6-14-2-5-16(19)17(20)12-14/h2,5,12-13,15H,3-4,6-11H2,1H3. The zero-order valence-corrected chi connectivity index (χ0v) is 16.5. The molecule has 2 heterocycles. The van der Waals surface area contributed by atoms with Crippen molar-refractivity contribution in [2.75, 3.05) is 32.7 Å². The summed E-state index contributed by atoms with van der Waals surface area (Å²) < 4.78 is 2.03. The van der Waals surface area contributed by atoms with Gasteiger partial charge in [-0.05, 0) is 54.3 Å². The molecule has 1 saturated heterocycles. The highest BCUT2D eigenvalue weighted by molar-refractivity contribution is 6.42. The quantitative estimate of drug-likeness (QED) is 0.752. The van der Waals surface area contributed by atoms with Crippen LogP contribution in [-0.4, -0.2) is 62.7 Å². The number of rotatable bonds is 6. The molecule has 1 aromatic heterocycles. The monoisotopic (exact) mass is 394 g/mol. The van der Waals surface area contributed by atoms with Crippen molar-refractivity contribution in [2.24, 2.45) is 0 Å². The van der Waals surface area contributed by atoms with Crippen molar-refractivity contribution in [1.82, 2.24) is 30.0 Å². The first-order chi connectivity index (χ1) is 12.6. The topological polar surface area (TPSA) is 50.1 Å². The first kappa shape index (κ1) is 18.2. The minimum Gasteiger partial charge on any atom is -0.300 e. The molecule has 0 bridgehead atoms. The number of halogens is 2. The predicted octanol–water partition coefficient (Wildman–Crippen LogP) is 3.24. The zero-order chi connectivity index (χ0) is 18.1. The van der Waals surface area contributed by atoms with Gasteiger partial charge in [-0.1, -0.05) is 29.3 Å². The van der Waals surface area contributed by atoms with Gasteiger partial charge in [-0.15, -0.1) is 5.10 Å². The fourth-order valence-electron chi connectivity index (χ4n) is 3.57. The number of nitrogens with zero attached hydrogens (tertiary/aromatic N) is 6. The molecule has 0 N–H and O–H groups in total. The lowest BCUT2D eigenvalue weighted by Crippen LogP contribution is -2.48. The Hall–Kier alpha value is -1.21. The number of tetrazole rings is 1. The van der Waals surface area contributed by atoms with Gasteiger partial charge in [-0.3, -0.25) is 4.90 Å². The summed E-state index contributed by atoms with van der Waals surface area (Å²) >= 11 is 12.1. The average Bonchev–Trinajstić information content (AvgIpc) is 3.39.